The van der Waals surface area contributed by atoms with Crippen molar-refractivity contribution >= 4 is 23.1 Å². The molecule has 0 unspecified atom stereocenters. The Bertz CT molecular complexity index is 327. The SMILES string of the molecule is CC(=O)CNc1ccc(F)c(Cl)c1. The molecule has 0 atom stereocenters. The molecule has 1 aromatic carbocycles. The van der Waals surface area contributed by atoms with Crippen LogP contribution in [0.25, 0.3) is 0 Å². The van der Waals surface area contributed by atoms with Crippen LogP contribution < -0.4 is 5.32 Å². The molecule has 13 heavy (non-hydrogen) atoms. The third-order valence-corrected chi connectivity index (χ3v) is 1.75. The molecule has 1 aromatic rings. The Morgan fingerprint density at radius 2 is 2.31 bits per heavy atom. The average molecular weight is 202 g/mol. The van der Waals surface area contributed by atoms with Gasteiger partial charge in [-0.25, -0.2) is 4.39 Å². The predicted octanol–water partition coefficient (Wildman–Crippen LogP) is 2.48. The van der Waals surface area contributed by atoms with Crippen LogP contribution in [-0.4, -0.2) is 12.3 Å². The van der Waals surface area contributed by atoms with Gasteiger partial charge in [-0.2, -0.15) is 0 Å². The molecule has 0 saturated carbocycles. The minimum Gasteiger partial charge on any atom is -0.378 e. The van der Waals surface area contributed by atoms with Gasteiger partial charge in [-0.1, -0.05) is 11.6 Å². The van der Waals surface area contributed by atoms with Crippen LogP contribution >= 0.6 is 11.6 Å². The van der Waals surface area contributed by atoms with Crippen molar-refractivity contribution in [1.82, 2.24) is 0 Å². The van der Waals surface area contributed by atoms with Gasteiger partial charge in [0.2, 0.25) is 0 Å². The first-order chi connectivity index (χ1) is 6.09. The molecule has 1 N–H and O–H groups in total. The molecule has 0 bridgehead atoms. The maximum Gasteiger partial charge on any atom is 0.148 e. The summed E-state index contributed by atoms with van der Waals surface area (Å²) in [5.41, 5.74) is 0.640. The molecule has 0 saturated heterocycles. The topological polar surface area (TPSA) is 29.1 Å². The first kappa shape index (κ1) is 9.99. The Morgan fingerprint density at radius 3 is 2.85 bits per heavy atom. The Labute approximate surface area is 80.7 Å². The lowest BCUT2D eigenvalue weighted by Crippen LogP contribution is -2.09. The Balaban J connectivity index is 2.68. The van der Waals surface area contributed by atoms with Crippen molar-refractivity contribution in [2.45, 2.75) is 6.92 Å². The summed E-state index contributed by atoms with van der Waals surface area (Å²) in [7, 11) is 0. The number of carbonyl (C=O) groups excluding carboxylic acids is 1. The number of nitrogens with one attached hydrogen (secondary N) is 1. The normalized spacial score (nSPS) is 9.77. The summed E-state index contributed by atoms with van der Waals surface area (Å²) in [5, 5.41) is 2.86. The molecule has 0 aliphatic heterocycles. The van der Waals surface area contributed by atoms with Crippen LogP contribution in [0.3, 0.4) is 0 Å². The van der Waals surface area contributed by atoms with Crippen LogP contribution in [0.4, 0.5) is 10.1 Å². The fraction of sp³-hybridized carbons (Fsp3) is 0.222. The lowest BCUT2D eigenvalue weighted by atomic mass is 10.3. The van der Waals surface area contributed by atoms with Crippen LogP contribution in [-0.2, 0) is 4.79 Å². The highest BCUT2D eigenvalue weighted by atomic mass is 35.5. The van der Waals surface area contributed by atoms with E-state index in [1.54, 1.807) is 0 Å². The van der Waals surface area contributed by atoms with Crippen LogP contribution in [0.5, 0.6) is 0 Å². The largest absolute Gasteiger partial charge is 0.378 e. The highest BCUT2D eigenvalue weighted by molar-refractivity contribution is 6.31. The number of benzene rings is 1. The van der Waals surface area contributed by atoms with Gasteiger partial charge >= 0.3 is 0 Å². The number of hydrogen-bond donors (Lipinski definition) is 1. The maximum atomic E-state index is 12.7. The number of Topliss-reactive ketones (excluding diaryl/α,β-unsaturated/α-hetero) is 1. The first-order valence-electron chi connectivity index (χ1n) is 3.78. The number of anilines is 1. The zero-order valence-corrected chi connectivity index (χ0v) is 7.86. The summed E-state index contributed by atoms with van der Waals surface area (Å²) in [5.74, 6) is -0.449. The predicted molar refractivity (Wildman–Crippen MR) is 50.6 cm³/mol. The highest BCUT2D eigenvalue weighted by Gasteiger charge is 2.00. The number of ketones is 1. The fourth-order valence-electron chi connectivity index (χ4n) is 0.833. The van der Waals surface area contributed by atoms with Crippen molar-refractivity contribution in [3.63, 3.8) is 0 Å². The Morgan fingerprint density at radius 1 is 1.62 bits per heavy atom. The summed E-state index contributed by atoms with van der Waals surface area (Å²) >= 11 is 5.53. The molecular weight excluding hydrogens is 193 g/mol. The van der Waals surface area contributed by atoms with E-state index in [1.807, 2.05) is 0 Å². The molecule has 4 heteroatoms. The monoisotopic (exact) mass is 201 g/mol. The van der Waals surface area contributed by atoms with Gasteiger partial charge in [0.25, 0.3) is 0 Å². The molecule has 2 nitrogen and oxygen atoms in total. The van der Waals surface area contributed by atoms with E-state index >= 15 is 0 Å². The Kier molecular flexibility index (Phi) is 3.25. The number of rotatable bonds is 3. The van der Waals surface area contributed by atoms with E-state index in [1.165, 1.54) is 25.1 Å². The van der Waals surface area contributed by atoms with Gasteiger partial charge in [-0.3, -0.25) is 4.79 Å². The number of carbonyl (C=O) groups is 1. The summed E-state index contributed by atoms with van der Waals surface area (Å²) in [6, 6.07) is 4.23. The summed E-state index contributed by atoms with van der Waals surface area (Å²) in [6.45, 7) is 1.69. The molecule has 0 amide bonds. The number of hydrogen-bond acceptors (Lipinski definition) is 2. The maximum absolute atomic E-state index is 12.7. The zero-order valence-electron chi connectivity index (χ0n) is 7.10. The van der Waals surface area contributed by atoms with Crippen LogP contribution in [0.1, 0.15) is 6.92 Å². The molecule has 0 aromatic heterocycles. The fourth-order valence-corrected chi connectivity index (χ4v) is 1.01. The third-order valence-electron chi connectivity index (χ3n) is 1.46. The van der Waals surface area contributed by atoms with Gasteiger partial charge in [-0.15, -0.1) is 0 Å². The van der Waals surface area contributed by atoms with Crippen molar-refractivity contribution in [3.05, 3.63) is 29.0 Å². The number of halogens is 2. The smallest absolute Gasteiger partial charge is 0.148 e. The lowest BCUT2D eigenvalue weighted by molar-refractivity contribution is -0.115. The minimum absolute atomic E-state index is 0.0143. The van der Waals surface area contributed by atoms with Gasteiger partial charge in [-0.05, 0) is 25.1 Å². The molecule has 0 aliphatic rings. The van der Waals surface area contributed by atoms with Crippen molar-refractivity contribution < 1.29 is 9.18 Å². The Hall–Kier alpha value is -1.09. The molecule has 0 heterocycles. The molecule has 1 rings (SSSR count). The van der Waals surface area contributed by atoms with E-state index in [-0.39, 0.29) is 17.4 Å². The second-order valence-electron chi connectivity index (χ2n) is 2.68. The molecule has 0 aliphatic carbocycles. The van der Waals surface area contributed by atoms with Crippen LogP contribution in [0, 0.1) is 5.82 Å². The summed E-state index contributed by atoms with van der Waals surface area (Å²) < 4.78 is 12.7. The second-order valence-corrected chi connectivity index (χ2v) is 3.09. The van der Waals surface area contributed by atoms with Gasteiger partial charge in [0.05, 0.1) is 11.6 Å². The quantitative estimate of drug-likeness (QED) is 0.814. The molecule has 70 valence electrons. The van der Waals surface area contributed by atoms with E-state index in [0.717, 1.165) is 0 Å². The summed E-state index contributed by atoms with van der Waals surface area (Å²) in [4.78, 5) is 10.6. The first-order valence-corrected chi connectivity index (χ1v) is 4.16. The van der Waals surface area contributed by atoms with Crippen LogP contribution in [0.2, 0.25) is 5.02 Å². The van der Waals surface area contributed by atoms with Crippen molar-refractivity contribution in [2.75, 3.05) is 11.9 Å². The van der Waals surface area contributed by atoms with Crippen molar-refractivity contribution in [2.24, 2.45) is 0 Å². The second kappa shape index (κ2) is 4.23. The van der Waals surface area contributed by atoms with E-state index in [4.69, 9.17) is 11.6 Å². The van der Waals surface area contributed by atoms with E-state index in [9.17, 15) is 9.18 Å². The van der Waals surface area contributed by atoms with Gasteiger partial charge in [0.1, 0.15) is 11.6 Å². The molecule has 0 fully saturated rings. The zero-order chi connectivity index (χ0) is 9.84. The standard InChI is InChI=1S/C9H9ClFNO/c1-6(13)5-12-7-2-3-9(11)8(10)4-7/h2-4,12H,5H2,1H3. The lowest BCUT2D eigenvalue weighted by Gasteiger charge is -2.04. The van der Waals surface area contributed by atoms with Crippen LogP contribution in [0.15, 0.2) is 18.2 Å². The highest BCUT2D eigenvalue weighted by Crippen LogP contribution is 2.18. The minimum atomic E-state index is -0.463. The molecular formula is C9H9ClFNO. The van der Waals surface area contributed by atoms with E-state index < -0.39 is 5.82 Å². The van der Waals surface area contributed by atoms with E-state index in [2.05, 4.69) is 5.32 Å². The van der Waals surface area contributed by atoms with E-state index in [0.29, 0.717) is 5.69 Å². The molecule has 0 radical (unpaired) electrons. The van der Waals surface area contributed by atoms with Gasteiger partial charge < -0.3 is 5.32 Å². The molecule has 0 spiro atoms. The summed E-state index contributed by atoms with van der Waals surface area (Å²) in [6.07, 6.45) is 0. The van der Waals surface area contributed by atoms with Gasteiger partial charge in [0.15, 0.2) is 0 Å². The van der Waals surface area contributed by atoms with Crippen molar-refractivity contribution in [1.29, 1.82) is 0 Å². The van der Waals surface area contributed by atoms with Gasteiger partial charge in [0, 0.05) is 5.69 Å². The average Bonchev–Trinajstić information content (AvgIpc) is 2.07. The van der Waals surface area contributed by atoms with Crippen molar-refractivity contribution in [3.8, 4) is 0 Å². The third kappa shape index (κ3) is 3.03.